The SMILES string of the molecule is O=C(O)CCCCCCCCCCCNC(=O)CN1C(=O)c2ccccc2C1=O. The quantitative estimate of drug-likeness (QED) is 0.367. The molecule has 7 heteroatoms. The third kappa shape index (κ3) is 7.33. The Morgan fingerprint density at radius 2 is 1.28 bits per heavy atom. The number of nitrogens with one attached hydrogen (secondary N) is 1. The number of carboxylic acid groups (broad SMARTS) is 1. The zero-order chi connectivity index (χ0) is 21.1. The molecule has 7 nitrogen and oxygen atoms in total. The van der Waals surface area contributed by atoms with E-state index in [1.807, 2.05) is 0 Å². The van der Waals surface area contributed by atoms with Crippen LogP contribution in [0.1, 0.15) is 84.9 Å². The van der Waals surface area contributed by atoms with Gasteiger partial charge in [-0.2, -0.15) is 0 Å². The molecule has 0 aromatic heterocycles. The second kappa shape index (κ2) is 12.0. The van der Waals surface area contributed by atoms with Crippen molar-refractivity contribution in [1.82, 2.24) is 10.2 Å². The second-order valence-corrected chi connectivity index (χ2v) is 7.42. The highest BCUT2D eigenvalue weighted by molar-refractivity contribution is 6.22. The normalized spacial score (nSPS) is 12.9. The van der Waals surface area contributed by atoms with Crippen molar-refractivity contribution in [2.24, 2.45) is 0 Å². The highest BCUT2D eigenvalue weighted by Crippen LogP contribution is 2.21. The summed E-state index contributed by atoms with van der Waals surface area (Å²) in [5, 5.41) is 11.3. The lowest BCUT2D eigenvalue weighted by molar-refractivity contribution is -0.137. The van der Waals surface area contributed by atoms with Gasteiger partial charge in [0.1, 0.15) is 6.54 Å². The molecule has 1 heterocycles. The lowest BCUT2D eigenvalue weighted by atomic mass is 10.1. The molecule has 3 amide bonds. The maximum atomic E-state index is 12.2. The van der Waals surface area contributed by atoms with Crippen LogP contribution in [0.5, 0.6) is 0 Å². The molecular weight excluding hydrogens is 372 g/mol. The largest absolute Gasteiger partial charge is 0.481 e. The average Bonchev–Trinajstić information content (AvgIpc) is 2.94. The van der Waals surface area contributed by atoms with E-state index in [-0.39, 0.29) is 18.9 Å². The van der Waals surface area contributed by atoms with Gasteiger partial charge in [0, 0.05) is 13.0 Å². The maximum Gasteiger partial charge on any atom is 0.303 e. The molecular formula is C22H30N2O5. The van der Waals surface area contributed by atoms with Crippen molar-refractivity contribution >= 4 is 23.7 Å². The molecule has 0 bridgehead atoms. The Morgan fingerprint density at radius 1 is 0.793 bits per heavy atom. The summed E-state index contributed by atoms with van der Waals surface area (Å²) >= 11 is 0. The number of unbranched alkanes of at least 4 members (excludes halogenated alkanes) is 8. The molecule has 1 aromatic carbocycles. The molecule has 0 atom stereocenters. The first-order valence-corrected chi connectivity index (χ1v) is 10.4. The number of amides is 3. The molecule has 0 radical (unpaired) electrons. The lowest BCUT2D eigenvalue weighted by Gasteiger charge is -2.13. The van der Waals surface area contributed by atoms with Gasteiger partial charge >= 0.3 is 5.97 Å². The zero-order valence-electron chi connectivity index (χ0n) is 16.8. The fourth-order valence-electron chi connectivity index (χ4n) is 3.45. The number of benzene rings is 1. The fraction of sp³-hybridized carbons (Fsp3) is 0.545. The fourth-order valence-corrected chi connectivity index (χ4v) is 3.45. The summed E-state index contributed by atoms with van der Waals surface area (Å²) in [5.74, 6) is -1.87. The molecule has 29 heavy (non-hydrogen) atoms. The van der Waals surface area contributed by atoms with Crippen LogP contribution < -0.4 is 5.32 Å². The van der Waals surface area contributed by atoms with Gasteiger partial charge in [-0.1, -0.05) is 57.1 Å². The number of hydrogen-bond donors (Lipinski definition) is 2. The molecule has 0 spiro atoms. The second-order valence-electron chi connectivity index (χ2n) is 7.42. The van der Waals surface area contributed by atoms with Crippen LogP contribution in [0, 0.1) is 0 Å². The van der Waals surface area contributed by atoms with Crippen molar-refractivity contribution < 1.29 is 24.3 Å². The van der Waals surface area contributed by atoms with Crippen LogP contribution in [0.3, 0.4) is 0 Å². The van der Waals surface area contributed by atoms with Crippen LogP contribution in [0.4, 0.5) is 0 Å². The van der Waals surface area contributed by atoms with Crippen LogP contribution in [0.25, 0.3) is 0 Å². The van der Waals surface area contributed by atoms with Gasteiger partial charge in [-0.3, -0.25) is 24.1 Å². The van der Waals surface area contributed by atoms with E-state index in [2.05, 4.69) is 5.32 Å². The molecule has 1 aliphatic rings. The van der Waals surface area contributed by atoms with E-state index < -0.39 is 17.8 Å². The van der Waals surface area contributed by atoms with Crippen molar-refractivity contribution in [1.29, 1.82) is 0 Å². The number of nitrogens with zero attached hydrogens (tertiary/aromatic N) is 1. The van der Waals surface area contributed by atoms with Crippen LogP contribution in [0.15, 0.2) is 24.3 Å². The number of fused-ring (bicyclic) bond motifs is 1. The van der Waals surface area contributed by atoms with E-state index in [0.29, 0.717) is 17.7 Å². The number of imide groups is 1. The molecule has 0 saturated heterocycles. The molecule has 0 unspecified atom stereocenters. The number of carboxylic acids is 1. The smallest absolute Gasteiger partial charge is 0.303 e. The third-order valence-electron chi connectivity index (χ3n) is 5.07. The van der Waals surface area contributed by atoms with Gasteiger partial charge in [-0.25, -0.2) is 0 Å². The van der Waals surface area contributed by atoms with Crippen LogP contribution in [-0.2, 0) is 9.59 Å². The lowest BCUT2D eigenvalue weighted by Crippen LogP contribution is -2.40. The van der Waals surface area contributed by atoms with Crippen LogP contribution in [-0.4, -0.2) is 46.8 Å². The first-order chi connectivity index (χ1) is 14.0. The summed E-state index contributed by atoms with van der Waals surface area (Å²) in [4.78, 5) is 47.9. The van der Waals surface area contributed by atoms with E-state index >= 15 is 0 Å². The first kappa shape index (κ1) is 22.6. The van der Waals surface area contributed by atoms with Crippen molar-refractivity contribution in [3.8, 4) is 0 Å². The molecule has 158 valence electrons. The van der Waals surface area contributed by atoms with Crippen molar-refractivity contribution in [3.63, 3.8) is 0 Å². The molecule has 0 aliphatic carbocycles. The summed E-state index contributed by atoms with van der Waals surface area (Å²) in [6.45, 7) is 0.297. The third-order valence-corrected chi connectivity index (χ3v) is 5.07. The zero-order valence-corrected chi connectivity index (χ0v) is 16.8. The molecule has 1 aromatic rings. The Kier molecular flexibility index (Phi) is 9.34. The molecule has 1 aliphatic heterocycles. The van der Waals surface area contributed by atoms with Gasteiger partial charge in [-0.05, 0) is 25.0 Å². The monoisotopic (exact) mass is 402 g/mol. The highest BCUT2D eigenvalue weighted by atomic mass is 16.4. The Bertz CT molecular complexity index is 697. The summed E-state index contributed by atoms with van der Waals surface area (Å²) < 4.78 is 0. The summed E-state index contributed by atoms with van der Waals surface area (Å²) in [5.41, 5.74) is 0.708. The number of rotatable bonds is 14. The van der Waals surface area contributed by atoms with E-state index in [4.69, 9.17) is 5.11 Å². The van der Waals surface area contributed by atoms with E-state index in [0.717, 1.165) is 62.7 Å². The van der Waals surface area contributed by atoms with Crippen molar-refractivity contribution in [2.45, 2.75) is 64.2 Å². The Balaban J connectivity index is 1.48. The molecule has 0 fully saturated rings. The number of aliphatic carboxylic acids is 1. The predicted octanol–water partition coefficient (Wildman–Crippen LogP) is 3.38. The van der Waals surface area contributed by atoms with Crippen molar-refractivity contribution in [3.05, 3.63) is 35.4 Å². The minimum Gasteiger partial charge on any atom is -0.481 e. The van der Waals surface area contributed by atoms with E-state index in [1.54, 1.807) is 24.3 Å². The van der Waals surface area contributed by atoms with Crippen LogP contribution in [0.2, 0.25) is 0 Å². The summed E-state index contributed by atoms with van der Waals surface area (Å²) in [7, 11) is 0. The highest BCUT2D eigenvalue weighted by Gasteiger charge is 2.36. The Labute approximate surface area is 171 Å². The standard InChI is InChI=1S/C22H30N2O5/c25-19(16-24-21(28)17-12-9-10-13-18(17)22(24)29)23-15-11-7-5-3-1-2-4-6-8-14-20(26)27/h9-10,12-13H,1-8,11,14-16H2,(H,23,25)(H,26,27). The van der Waals surface area contributed by atoms with Crippen LogP contribution >= 0.6 is 0 Å². The van der Waals surface area contributed by atoms with Gasteiger partial charge in [-0.15, -0.1) is 0 Å². The minimum atomic E-state index is -0.721. The Hall–Kier alpha value is -2.70. The van der Waals surface area contributed by atoms with Gasteiger partial charge in [0.05, 0.1) is 11.1 Å². The van der Waals surface area contributed by atoms with Gasteiger partial charge in [0.2, 0.25) is 5.91 Å². The summed E-state index contributed by atoms with van der Waals surface area (Å²) in [6, 6.07) is 6.60. The Morgan fingerprint density at radius 3 is 1.79 bits per heavy atom. The van der Waals surface area contributed by atoms with Gasteiger partial charge < -0.3 is 10.4 Å². The molecule has 0 saturated carbocycles. The van der Waals surface area contributed by atoms with E-state index in [1.165, 1.54) is 0 Å². The number of hydrogen-bond acceptors (Lipinski definition) is 4. The van der Waals surface area contributed by atoms with Crippen molar-refractivity contribution in [2.75, 3.05) is 13.1 Å². The average molecular weight is 402 g/mol. The number of carbonyl (C=O) groups is 4. The predicted molar refractivity (Wildman–Crippen MR) is 109 cm³/mol. The number of carbonyl (C=O) groups excluding carboxylic acids is 3. The van der Waals surface area contributed by atoms with E-state index in [9.17, 15) is 19.2 Å². The first-order valence-electron chi connectivity index (χ1n) is 10.4. The van der Waals surface area contributed by atoms with Gasteiger partial charge in [0.25, 0.3) is 11.8 Å². The summed E-state index contributed by atoms with van der Waals surface area (Å²) in [6.07, 6.45) is 9.50. The molecule has 2 N–H and O–H groups in total. The topological polar surface area (TPSA) is 104 Å². The minimum absolute atomic E-state index is 0.242. The maximum absolute atomic E-state index is 12.2. The van der Waals surface area contributed by atoms with Gasteiger partial charge in [0.15, 0.2) is 0 Å². The molecule has 2 rings (SSSR count).